The molecule has 0 saturated carbocycles. The Hall–Kier alpha value is -4.13. The molecule has 1 aromatic carbocycles. The SMILES string of the molecule is Cc1nc2n(n1)CC(=O)NCCCN(C(=O)c1sc(C)nc1C)CCCC(=O)N[C@H](Cc1ccccc1)C(=O)N[C@H]2C(C)C. The second kappa shape index (κ2) is 15.0. The van der Waals surface area contributed by atoms with Crippen LogP contribution in [-0.2, 0) is 27.3 Å². The van der Waals surface area contributed by atoms with Crippen LogP contribution < -0.4 is 16.0 Å². The van der Waals surface area contributed by atoms with Crippen LogP contribution in [0.1, 0.15) is 76.7 Å². The van der Waals surface area contributed by atoms with Crippen molar-refractivity contribution in [2.45, 2.75) is 78.9 Å². The average Bonchev–Trinajstić information content (AvgIpc) is 3.51. The van der Waals surface area contributed by atoms with Crippen LogP contribution in [0.5, 0.6) is 0 Å². The molecule has 2 atom stereocenters. The normalized spacial score (nSPS) is 19.4. The summed E-state index contributed by atoms with van der Waals surface area (Å²) in [4.78, 5) is 64.6. The molecular formula is C31H42N8O4S. The van der Waals surface area contributed by atoms with Gasteiger partial charge in [0.05, 0.1) is 16.7 Å². The van der Waals surface area contributed by atoms with E-state index in [4.69, 9.17) is 0 Å². The number of rotatable bonds is 4. The molecule has 0 spiro atoms. The number of aromatic nitrogens is 4. The predicted molar refractivity (Wildman–Crippen MR) is 167 cm³/mol. The Bertz CT molecular complexity index is 1470. The topological polar surface area (TPSA) is 151 Å². The van der Waals surface area contributed by atoms with Gasteiger partial charge in [-0.1, -0.05) is 44.2 Å². The first-order valence-corrected chi connectivity index (χ1v) is 15.9. The quantitative estimate of drug-likeness (QED) is 0.405. The number of carbonyl (C=O) groups excluding carboxylic acids is 4. The molecule has 3 aromatic rings. The molecule has 13 heteroatoms. The van der Waals surface area contributed by atoms with Crippen molar-refractivity contribution in [1.82, 2.24) is 40.6 Å². The first kappa shape index (κ1) is 32.8. The number of carbonyl (C=O) groups is 4. The van der Waals surface area contributed by atoms with E-state index in [1.807, 2.05) is 58.0 Å². The van der Waals surface area contributed by atoms with Gasteiger partial charge in [0.2, 0.25) is 17.7 Å². The molecule has 0 bridgehead atoms. The molecule has 1 aliphatic rings. The van der Waals surface area contributed by atoms with Crippen molar-refractivity contribution in [1.29, 1.82) is 0 Å². The highest BCUT2D eigenvalue weighted by atomic mass is 32.1. The Balaban J connectivity index is 1.61. The monoisotopic (exact) mass is 622 g/mol. The summed E-state index contributed by atoms with van der Waals surface area (Å²) in [7, 11) is 0. The van der Waals surface area contributed by atoms with Gasteiger partial charge < -0.3 is 20.9 Å². The van der Waals surface area contributed by atoms with Crippen molar-refractivity contribution in [3.8, 4) is 0 Å². The van der Waals surface area contributed by atoms with Crippen LogP contribution in [0.4, 0.5) is 0 Å². The largest absolute Gasteiger partial charge is 0.354 e. The first-order chi connectivity index (χ1) is 21.0. The second-order valence-electron chi connectivity index (χ2n) is 11.5. The van der Waals surface area contributed by atoms with Gasteiger partial charge in [-0.3, -0.25) is 19.2 Å². The zero-order valence-corrected chi connectivity index (χ0v) is 26.9. The van der Waals surface area contributed by atoms with Crippen LogP contribution in [-0.4, -0.2) is 74.0 Å². The van der Waals surface area contributed by atoms with E-state index in [2.05, 4.69) is 31.0 Å². The molecule has 4 rings (SSSR count). The van der Waals surface area contributed by atoms with Crippen LogP contribution in [0.15, 0.2) is 30.3 Å². The van der Waals surface area contributed by atoms with Crippen LogP contribution in [0.25, 0.3) is 0 Å². The summed E-state index contributed by atoms with van der Waals surface area (Å²) >= 11 is 1.35. The Morgan fingerprint density at radius 1 is 1.00 bits per heavy atom. The van der Waals surface area contributed by atoms with Crippen LogP contribution >= 0.6 is 11.3 Å². The average molecular weight is 623 g/mol. The van der Waals surface area contributed by atoms with Crippen molar-refractivity contribution in [2.24, 2.45) is 5.92 Å². The van der Waals surface area contributed by atoms with Crippen molar-refractivity contribution < 1.29 is 19.2 Å². The standard InChI is InChI=1S/C31H42N8O4S/c1-19(2)27-29-34-21(4)37-39(29)18-26(41)32-14-10-16-38(31(43)28-20(3)33-22(5)44-28)15-9-13-25(40)35-24(30(42)36-27)17-23-11-7-6-8-12-23/h6-8,11-12,19,24,27H,9-10,13-18H2,1-5H3,(H,32,41)(H,35,40)(H,36,42)/t24-,27+/m1/s1. The molecule has 0 unspecified atom stereocenters. The van der Waals surface area contributed by atoms with Gasteiger partial charge in [-0.05, 0) is 45.1 Å². The summed E-state index contributed by atoms with van der Waals surface area (Å²) in [5, 5.41) is 14.2. The van der Waals surface area contributed by atoms with Crippen molar-refractivity contribution >= 4 is 35.0 Å². The number of hydrogen-bond donors (Lipinski definition) is 3. The predicted octanol–water partition coefficient (Wildman–Crippen LogP) is 2.64. The lowest BCUT2D eigenvalue weighted by molar-refractivity contribution is -0.129. The minimum atomic E-state index is -0.841. The number of benzene rings is 1. The van der Waals surface area contributed by atoms with Crippen molar-refractivity contribution in [2.75, 3.05) is 19.6 Å². The van der Waals surface area contributed by atoms with E-state index in [9.17, 15) is 19.2 Å². The number of nitrogens with zero attached hydrogens (tertiary/aromatic N) is 5. The highest BCUT2D eigenvalue weighted by Gasteiger charge is 2.30. The van der Waals surface area contributed by atoms with Crippen molar-refractivity contribution in [3.63, 3.8) is 0 Å². The maximum Gasteiger partial charge on any atom is 0.265 e. The van der Waals surface area contributed by atoms with E-state index < -0.39 is 12.1 Å². The zero-order valence-electron chi connectivity index (χ0n) is 26.1. The molecule has 0 saturated heterocycles. The number of hydrogen-bond acceptors (Lipinski definition) is 8. The molecule has 1 aliphatic heterocycles. The summed E-state index contributed by atoms with van der Waals surface area (Å²) < 4.78 is 1.52. The van der Waals surface area contributed by atoms with Gasteiger partial charge in [-0.2, -0.15) is 5.10 Å². The fraction of sp³-hybridized carbons (Fsp3) is 0.516. The molecule has 12 nitrogen and oxygen atoms in total. The molecule has 2 aromatic heterocycles. The molecule has 0 radical (unpaired) electrons. The van der Waals surface area contributed by atoms with E-state index in [-0.39, 0.29) is 42.5 Å². The highest BCUT2D eigenvalue weighted by molar-refractivity contribution is 7.13. The molecule has 44 heavy (non-hydrogen) atoms. The van der Waals surface area contributed by atoms with Gasteiger partial charge >= 0.3 is 0 Å². The molecule has 4 amide bonds. The molecule has 236 valence electrons. The summed E-state index contributed by atoms with van der Waals surface area (Å²) in [5.41, 5.74) is 1.58. The highest BCUT2D eigenvalue weighted by Crippen LogP contribution is 2.22. The van der Waals surface area contributed by atoms with Gasteiger partial charge in [0.25, 0.3) is 5.91 Å². The summed E-state index contributed by atoms with van der Waals surface area (Å²) in [6.07, 6.45) is 1.39. The van der Waals surface area contributed by atoms with Gasteiger partial charge in [0, 0.05) is 32.5 Å². The van der Waals surface area contributed by atoms with Crippen LogP contribution in [0.2, 0.25) is 0 Å². The van der Waals surface area contributed by atoms with Gasteiger partial charge in [-0.25, -0.2) is 14.6 Å². The van der Waals surface area contributed by atoms with E-state index in [1.54, 1.807) is 11.8 Å². The minimum absolute atomic E-state index is 0.0680. The lowest BCUT2D eigenvalue weighted by Gasteiger charge is -2.26. The summed E-state index contributed by atoms with van der Waals surface area (Å²) in [6, 6.07) is 8.12. The van der Waals surface area contributed by atoms with Gasteiger partial charge in [-0.15, -0.1) is 11.3 Å². The first-order valence-electron chi connectivity index (χ1n) is 15.1. The van der Waals surface area contributed by atoms with Gasteiger partial charge in [0.15, 0.2) is 5.82 Å². The summed E-state index contributed by atoms with van der Waals surface area (Å²) in [5.74, 6) is -0.129. The van der Waals surface area contributed by atoms with Crippen LogP contribution in [0, 0.1) is 26.7 Å². The third kappa shape index (κ3) is 8.71. The van der Waals surface area contributed by atoms with Crippen LogP contribution in [0.3, 0.4) is 0 Å². The third-order valence-corrected chi connectivity index (χ3v) is 8.48. The molecule has 3 N–H and O–H groups in total. The minimum Gasteiger partial charge on any atom is -0.354 e. The fourth-order valence-electron chi connectivity index (χ4n) is 5.24. The molecular weight excluding hydrogens is 580 g/mol. The van der Waals surface area contributed by atoms with Crippen molar-refractivity contribution in [3.05, 3.63) is 63.1 Å². The Morgan fingerprint density at radius 3 is 2.41 bits per heavy atom. The lowest BCUT2D eigenvalue weighted by Crippen LogP contribution is -2.50. The maximum atomic E-state index is 13.8. The number of thiazole rings is 1. The number of aryl methyl sites for hydroxylation is 3. The van der Waals surface area contributed by atoms with E-state index >= 15 is 0 Å². The van der Waals surface area contributed by atoms with E-state index in [0.29, 0.717) is 61.1 Å². The molecule has 0 fully saturated rings. The number of fused-ring (bicyclic) bond motifs is 1. The summed E-state index contributed by atoms with van der Waals surface area (Å²) in [6.45, 7) is 10.4. The Kier molecular flexibility index (Phi) is 11.2. The number of amides is 4. The van der Waals surface area contributed by atoms with Gasteiger partial charge in [0.1, 0.15) is 23.3 Å². The molecule has 3 heterocycles. The molecule has 0 aliphatic carbocycles. The fourth-order valence-corrected chi connectivity index (χ4v) is 6.12. The maximum absolute atomic E-state index is 13.8. The van der Waals surface area contributed by atoms with E-state index in [0.717, 1.165) is 10.6 Å². The second-order valence-corrected chi connectivity index (χ2v) is 12.7. The van der Waals surface area contributed by atoms with E-state index in [1.165, 1.54) is 16.0 Å². The lowest BCUT2D eigenvalue weighted by atomic mass is 10.0. The zero-order chi connectivity index (χ0) is 31.8. The number of nitrogens with one attached hydrogen (secondary N) is 3. The third-order valence-electron chi connectivity index (χ3n) is 7.42. The smallest absolute Gasteiger partial charge is 0.265 e. The Labute approximate surface area is 262 Å². The Morgan fingerprint density at radius 2 is 1.73 bits per heavy atom.